The lowest BCUT2D eigenvalue weighted by atomic mass is 10.1. The number of nitrogens with one attached hydrogen (secondary N) is 2. The average Bonchev–Trinajstić information content (AvgIpc) is 2.46. The molecule has 106 valence electrons. The van der Waals surface area contributed by atoms with E-state index in [-0.39, 0.29) is 11.6 Å². The Morgan fingerprint density at radius 1 is 1.10 bits per heavy atom. The number of non-ortho nitro benzene ring substituents is 1. The first-order valence-corrected chi connectivity index (χ1v) is 6.54. The van der Waals surface area contributed by atoms with Gasteiger partial charge >= 0.3 is 0 Å². The molecule has 0 aromatic heterocycles. The highest BCUT2D eigenvalue weighted by molar-refractivity contribution is 6.31. The van der Waals surface area contributed by atoms with Crippen molar-refractivity contribution in [3.05, 3.63) is 68.7 Å². The van der Waals surface area contributed by atoms with Crippen molar-refractivity contribution in [2.75, 3.05) is 5.32 Å². The second-order valence-electron chi connectivity index (χ2n) is 4.59. The summed E-state index contributed by atoms with van der Waals surface area (Å²) in [5, 5.41) is 17.1. The Balaban J connectivity index is 1.91. The van der Waals surface area contributed by atoms with Crippen LogP contribution >= 0.6 is 11.6 Å². The number of nitro benzene ring substituents is 1. The third-order valence-electron chi connectivity index (χ3n) is 3.24. The van der Waals surface area contributed by atoms with Gasteiger partial charge in [-0.2, -0.15) is 0 Å². The lowest BCUT2D eigenvalue weighted by molar-refractivity contribution is -0.384. The fraction of sp³-hybridized carbons (Fsp3) is 0.0714. The predicted molar refractivity (Wildman–Crippen MR) is 78.4 cm³/mol. The number of fused-ring (bicyclic) bond motifs is 1. The summed E-state index contributed by atoms with van der Waals surface area (Å²) in [6.07, 6.45) is -0.454. The first kappa shape index (κ1) is 13.4. The molecular weight excluding hydrogens is 294 g/mol. The van der Waals surface area contributed by atoms with E-state index in [1.165, 1.54) is 12.1 Å². The number of anilines is 1. The molecule has 1 aliphatic heterocycles. The van der Waals surface area contributed by atoms with Crippen LogP contribution in [-0.4, -0.2) is 10.8 Å². The second kappa shape index (κ2) is 5.06. The molecule has 2 N–H and O–H groups in total. The van der Waals surface area contributed by atoms with Gasteiger partial charge in [-0.15, -0.1) is 0 Å². The summed E-state index contributed by atoms with van der Waals surface area (Å²) >= 11 is 5.93. The summed E-state index contributed by atoms with van der Waals surface area (Å²) in [6.45, 7) is 0. The Morgan fingerprint density at radius 3 is 2.48 bits per heavy atom. The van der Waals surface area contributed by atoms with Crippen LogP contribution in [0.5, 0.6) is 0 Å². The molecule has 0 spiro atoms. The average molecular weight is 304 g/mol. The molecule has 2 aromatic rings. The Bertz CT molecular complexity index is 731. The lowest BCUT2D eigenvalue weighted by Gasteiger charge is -2.28. The normalized spacial score (nSPS) is 16.6. The van der Waals surface area contributed by atoms with E-state index in [9.17, 15) is 14.9 Å². The molecule has 0 fully saturated rings. The van der Waals surface area contributed by atoms with E-state index in [1.54, 1.807) is 30.3 Å². The maximum atomic E-state index is 12.1. The highest BCUT2D eigenvalue weighted by Gasteiger charge is 2.24. The van der Waals surface area contributed by atoms with E-state index >= 15 is 0 Å². The number of hydrogen-bond donors (Lipinski definition) is 2. The first-order chi connectivity index (χ1) is 10.0. The molecule has 6 nitrogen and oxygen atoms in total. The van der Waals surface area contributed by atoms with Crippen LogP contribution in [0.15, 0.2) is 42.5 Å². The monoisotopic (exact) mass is 303 g/mol. The molecule has 0 saturated heterocycles. The largest absolute Gasteiger partial charge is 0.361 e. The van der Waals surface area contributed by atoms with E-state index in [4.69, 9.17) is 11.6 Å². The molecule has 21 heavy (non-hydrogen) atoms. The van der Waals surface area contributed by atoms with Gasteiger partial charge in [-0.25, -0.2) is 0 Å². The fourth-order valence-corrected chi connectivity index (χ4v) is 2.36. The van der Waals surface area contributed by atoms with Crippen LogP contribution < -0.4 is 10.6 Å². The number of carbonyl (C=O) groups is 1. The van der Waals surface area contributed by atoms with E-state index in [0.29, 0.717) is 16.3 Å². The highest BCUT2D eigenvalue weighted by atomic mass is 35.5. The van der Waals surface area contributed by atoms with Crippen LogP contribution in [-0.2, 0) is 0 Å². The molecule has 3 rings (SSSR count). The zero-order valence-electron chi connectivity index (χ0n) is 10.7. The molecule has 0 bridgehead atoms. The van der Waals surface area contributed by atoms with Crippen LogP contribution in [0.2, 0.25) is 5.02 Å². The molecule has 7 heteroatoms. The van der Waals surface area contributed by atoms with Gasteiger partial charge in [0.25, 0.3) is 11.6 Å². The minimum atomic E-state index is -0.467. The van der Waals surface area contributed by atoms with E-state index in [0.717, 1.165) is 5.56 Å². The van der Waals surface area contributed by atoms with Gasteiger partial charge in [0.1, 0.15) is 6.17 Å². The highest BCUT2D eigenvalue weighted by Crippen LogP contribution is 2.29. The van der Waals surface area contributed by atoms with E-state index in [1.807, 2.05) is 0 Å². The van der Waals surface area contributed by atoms with Crippen molar-refractivity contribution in [1.29, 1.82) is 0 Å². The number of benzene rings is 2. The van der Waals surface area contributed by atoms with Gasteiger partial charge in [0, 0.05) is 17.2 Å². The van der Waals surface area contributed by atoms with Gasteiger partial charge in [-0.1, -0.05) is 11.6 Å². The summed E-state index contributed by atoms with van der Waals surface area (Å²) in [4.78, 5) is 22.2. The van der Waals surface area contributed by atoms with Crippen LogP contribution in [0.25, 0.3) is 0 Å². The summed E-state index contributed by atoms with van der Waals surface area (Å²) in [7, 11) is 0. The van der Waals surface area contributed by atoms with Crippen molar-refractivity contribution < 1.29 is 9.72 Å². The van der Waals surface area contributed by atoms with Crippen molar-refractivity contribution >= 4 is 28.9 Å². The molecule has 1 amide bonds. The van der Waals surface area contributed by atoms with Crippen LogP contribution in [0.1, 0.15) is 22.1 Å². The number of nitro groups is 1. The zero-order chi connectivity index (χ0) is 15.0. The van der Waals surface area contributed by atoms with Crippen molar-refractivity contribution in [2.24, 2.45) is 0 Å². The summed E-state index contributed by atoms with van der Waals surface area (Å²) < 4.78 is 0. The Labute approximate surface area is 124 Å². The number of hydrogen-bond acceptors (Lipinski definition) is 4. The number of halogens is 1. The predicted octanol–water partition coefficient (Wildman–Crippen LogP) is 3.10. The third kappa shape index (κ3) is 2.53. The van der Waals surface area contributed by atoms with Crippen molar-refractivity contribution in [1.82, 2.24) is 5.32 Å². The van der Waals surface area contributed by atoms with Gasteiger partial charge < -0.3 is 10.6 Å². The Kier molecular flexibility index (Phi) is 3.23. The Morgan fingerprint density at radius 2 is 1.81 bits per heavy atom. The molecule has 1 heterocycles. The minimum Gasteiger partial charge on any atom is -0.361 e. The summed E-state index contributed by atoms with van der Waals surface area (Å²) in [6, 6.07) is 11.0. The molecular formula is C14H10ClN3O3. The van der Waals surface area contributed by atoms with Crippen molar-refractivity contribution in [3.8, 4) is 0 Å². The topological polar surface area (TPSA) is 84.3 Å². The maximum Gasteiger partial charge on any atom is 0.269 e. The molecule has 1 unspecified atom stereocenters. The van der Waals surface area contributed by atoms with Crippen molar-refractivity contribution in [2.45, 2.75) is 6.17 Å². The number of rotatable bonds is 2. The smallest absolute Gasteiger partial charge is 0.269 e. The summed E-state index contributed by atoms with van der Waals surface area (Å²) in [5.41, 5.74) is 1.87. The number of nitrogens with zero attached hydrogens (tertiary/aromatic N) is 1. The third-order valence-corrected chi connectivity index (χ3v) is 3.47. The molecule has 0 saturated carbocycles. The molecule has 1 atom stereocenters. The lowest BCUT2D eigenvalue weighted by Crippen LogP contribution is -2.38. The van der Waals surface area contributed by atoms with Gasteiger partial charge in [0.05, 0.1) is 16.2 Å². The molecule has 0 aliphatic carbocycles. The van der Waals surface area contributed by atoms with E-state index < -0.39 is 11.1 Å². The molecule has 1 aliphatic rings. The quantitative estimate of drug-likeness (QED) is 0.659. The van der Waals surface area contributed by atoms with Gasteiger partial charge in [0.15, 0.2) is 0 Å². The molecule has 2 aromatic carbocycles. The molecule has 0 radical (unpaired) electrons. The van der Waals surface area contributed by atoms with Crippen molar-refractivity contribution in [3.63, 3.8) is 0 Å². The van der Waals surface area contributed by atoms with Gasteiger partial charge in [-0.3, -0.25) is 14.9 Å². The number of amides is 1. The minimum absolute atomic E-state index is 0.00401. The van der Waals surface area contributed by atoms with Crippen LogP contribution in [0, 0.1) is 10.1 Å². The second-order valence-corrected chi connectivity index (χ2v) is 5.03. The van der Waals surface area contributed by atoms with Crippen LogP contribution in [0.4, 0.5) is 11.4 Å². The number of carbonyl (C=O) groups excluding carboxylic acids is 1. The van der Waals surface area contributed by atoms with Crippen LogP contribution in [0.3, 0.4) is 0 Å². The standard InChI is InChI=1S/C14H10ClN3O3/c15-9-3-6-11-12(7-9)16-13(17-14(11)19)8-1-4-10(5-2-8)18(20)21/h1-7,13,16H,(H,17,19). The van der Waals surface area contributed by atoms with Gasteiger partial charge in [-0.05, 0) is 35.9 Å². The summed E-state index contributed by atoms with van der Waals surface area (Å²) in [5.74, 6) is -0.219. The first-order valence-electron chi connectivity index (χ1n) is 6.16. The SMILES string of the molecule is O=C1NC(c2ccc([N+](=O)[O-])cc2)Nc2cc(Cl)ccc21. The van der Waals surface area contributed by atoms with Gasteiger partial charge in [0.2, 0.25) is 0 Å². The Hall–Kier alpha value is -2.60. The maximum absolute atomic E-state index is 12.1. The van der Waals surface area contributed by atoms with E-state index in [2.05, 4.69) is 10.6 Å². The zero-order valence-corrected chi connectivity index (χ0v) is 11.4. The fourth-order valence-electron chi connectivity index (χ4n) is 2.19.